The zero-order valence-electron chi connectivity index (χ0n) is 10.8. The van der Waals surface area contributed by atoms with Gasteiger partial charge in [-0.3, -0.25) is 0 Å². The van der Waals surface area contributed by atoms with Crippen molar-refractivity contribution in [2.45, 2.75) is 83.7 Å². The fraction of sp³-hybridized carbons (Fsp3) is 0.867. The zero-order chi connectivity index (χ0) is 11.2. The van der Waals surface area contributed by atoms with E-state index in [0.717, 1.165) is 0 Å². The molecule has 0 amide bonds. The first-order chi connectivity index (χ1) is 7.86. The fourth-order valence-corrected chi connectivity index (χ4v) is 2.99. The van der Waals surface area contributed by atoms with E-state index in [9.17, 15) is 0 Å². The lowest BCUT2D eigenvalue weighted by molar-refractivity contribution is 0.151. The van der Waals surface area contributed by atoms with Crippen molar-refractivity contribution in [1.29, 1.82) is 0 Å². The Labute approximate surface area is 100 Å². The highest BCUT2D eigenvalue weighted by Gasteiger charge is 2.21. The number of hydrogen-bond acceptors (Lipinski definition) is 1. The third-order valence-corrected chi connectivity index (χ3v) is 3.90. The van der Waals surface area contributed by atoms with Gasteiger partial charge in [0.05, 0.1) is 11.9 Å². The molecule has 1 unspecified atom stereocenters. The molecule has 0 aromatic heterocycles. The van der Waals surface area contributed by atoms with Gasteiger partial charge in [0.25, 0.3) is 0 Å². The molecule has 0 spiro atoms. The Balaban J connectivity index is 1.90. The fourth-order valence-electron chi connectivity index (χ4n) is 2.99. The average Bonchev–Trinajstić information content (AvgIpc) is 2.59. The summed E-state index contributed by atoms with van der Waals surface area (Å²) in [5.41, 5.74) is 1.65. The lowest BCUT2D eigenvalue weighted by atomic mass is 9.98. The molecule has 2 aliphatic rings. The molecule has 1 heteroatoms. The molecule has 0 radical (unpaired) electrons. The van der Waals surface area contributed by atoms with Crippen molar-refractivity contribution in [2.24, 2.45) is 0 Å². The van der Waals surface area contributed by atoms with E-state index < -0.39 is 0 Å². The van der Waals surface area contributed by atoms with E-state index in [0.29, 0.717) is 6.10 Å². The van der Waals surface area contributed by atoms with Gasteiger partial charge in [-0.2, -0.15) is 0 Å². The second kappa shape index (κ2) is 6.32. The van der Waals surface area contributed by atoms with Gasteiger partial charge in [0.15, 0.2) is 0 Å². The van der Waals surface area contributed by atoms with Gasteiger partial charge in [0.2, 0.25) is 0 Å². The summed E-state index contributed by atoms with van der Waals surface area (Å²) in [5, 5.41) is 0. The third kappa shape index (κ3) is 3.54. The Hall–Kier alpha value is -0.460. The second-order valence-corrected chi connectivity index (χ2v) is 5.49. The summed E-state index contributed by atoms with van der Waals surface area (Å²) < 4.78 is 5.95. The first-order valence-electron chi connectivity index (χ1n) is 7.24. The van der Waals surface area contributed by atoms with Crippen molar-refractivity contribution in [3.63, 3.8) is 0 Å². The van der Waals surface area contributed by atoms with Crippen LogP contribution in [0.25, 0.3) is 0 Å². The quantitative estimate of drug-likeness (QED) is 0.562. The first kappa shape index (κ1) is 12.0. The molecule has 2 rings (SSSR count). The van der Waals surface area contributed by atoms with E-state index in [4.69, 9.17) is 4.74 Å². The van der Waals surface area contributed by atoms with Crippen LogP contribution in [0.15, 0.2) is 11.3 Å². The SMILES string of the molecule is CC1CC2=C(CCCCCCCCCC2)O1. The van der Waals surface area contributed by atoms with Crippen molar-refractivity contribution in [1.82, 2.24) is 0 Å². The molecule has 0 aromatic rings. The molecule has 1 nitrogen and oxygen atoms in total. The standard InChI is InChI=1S/C15H26O/c1-13-12-14-10-8-6-4-2-3-5-7-9-11-15(14)16-13/h13H,2-12H2,1H3. The Bertz CT molecular complexity index is 218. The summed E-state index contributed by atoms with van der Waals surface area (Å²) in [4.78, 5) is 0. The van der Waals surface area contributed by atoms with Gasteiger partial charge in [-0.15, -0.1) is 0 Å². The number of allylic oxidation sites excluding steroid dienone is 1. The zero-order valence-corrected chi connectivity index (χ0v) is 10.8. The molecule has 0 N–H and O–H groups in total. The van der Waals surface area contributed by atoms with E-state index in [1.807, 2.05) is 0 Å². The minimum absolute atomic E-state index is 0.454. The van der Waals surface area contributed by atoms with Gasteiger partial charge in [0, 0.05) is 12.8 Å². The van der Waals surface area contributed by atoms with Crippen LogP contribution in [0.4, 0.5) is 0 Å². The van der Waals surface area contributed by atoms with Crippen LogP contribution in [0.1, 0.15) is 77.6 Å². The van der Waals surface area contributed by atoms with Crippen LogP contribution in [0.3, 0.4) is 0 Å². The Morgan fingerprint density at radius 2 is 1.38 bits per heavy atom. The number of ether oxygens (including phenoxy) is 1. The predicted octanol–water partition coefficient (Wildman–Crippen LogP) is 4.96. The van der Waals surface area contributed by atoms with Gasteiger partial charge in [-0.05, 0) is 31.8 Å². The highest BCUT2D eigenvalue weighted by atomic mass is 16.5. The molecule has 0 bridgehead atoms. The van der Waals surface area contributed by atoms with Crippen molar-refractivity contribution in [2.75, 3.05) is 0 Å². The van der Waals surface area contributed by atoms with E-state index in [-0.39, 0.29) is 0 Å². The molecule has 1 atom stereocenters. The van der Waals surface area contributed by atoms with Gasteiger partial charge < -0.3 is 4.74 Å². The largest absolute Gasteiger partial charge is 0.495 e. The number of hydrogen-bond donors (Lipinski definition) is 0. The molecule has 1 heterocycles. The number of rotatable bonds is 0. The van der Waals surface area contributed by atoms with Gasteiger partial charge in [0.1, 0.15) is 0 Å². The maximum absolute atomic E-state index is 5.95. The molecule has 0 fully saturated rings. The highest BCUT2D eigenvalue weighted by Crippen LogP contribution is 2.32. The smallest absolute Gasteiger partial charge is 0.0992 e. The summed E-state index contributed by atoms with van der Waals surface area (Å²) in [5.74, 6) is 1.37. The minimum Gasteiger partial charge on any atom is -0.495 e. The van der Waals surface area contributed by atoms with Crippen LogP contribution in [-0.2, 0) is 4.74 Å². The van der Waals surface area contributed by atoms with E-state index in [1.54, 1.807) is 5.57 Å². The Morgan fingerprint density at radius 3 is 2.06 bits per heavy atom. The maximum Gasteiger partial charge on any atom is 0.0992 e. The van der Waals surface area contributed by atoms with Crippen LogP contribution >= 0.6 is 0 Å². The molecule has 0 aromatic carbocycles. The van der Waals surface area contributed by atoms with Crippen LogP contribution in [0.5, 0.6) is 0 Å². The van der Waals surface area contributed by atoms with Crippen molar-refractivity contribution < 1.29 is 4.74 Å². The topological polar surface area (TPSA) is 9.23 Å². The minimum atomic E-state index is 0.454. The molecule has 1 aliphatic heterocycles. The van der Waals surface area contributed by atoms with Gasteiger partial charge in [-0.25, -0.2) is 0 Å². The Kier molecular flexibility index (Phi) is 4.74. The maximum atomic E-state index is 5.95. The van der Waals surface area contributed by atoms with Crippen LogP contribution in [0.2, 0.25) is 0 Å². The monoisotopic (exact) mass is 222 g/mol. The summed E-state index contributed by atoms with van der Waals surface area (Å²) in [7, 11) is 0. The normalized spacial score (nSPS) is 28.9. The lowest BCUT2D eigenvalue weighted by Crippen LogP contribution is -1.98. The first-order valence-corrected chi connectivity index (χ1v) is 7.24. The predicted molar refractivity (Wildman–Crippen MR) is 68.4 cm³/mol. The van der Waals surface area contributed by atoms with Gasteiger partial charge in [-0.1, -0.05) is 38.5 Å². The summed E-state index contributed by atoms with van der Waals surface area (Å²) >= 11 is 0. The molecule has 0 saturated carbocycles. The van der Waals surface area contributed by atoms with Crippen LogP contribution < -0.4 is 0 Å². The lowest BCUT2D eigenvalue weighted by Gasteiger charge is -2.09. The van der Waals surface area contributed by atoms with Crippen LogP contribution in [-0.4, -0.2) is 6.10 Å². The molecule has 92 valence electrons. The second-order valence-electron chi connectivity index (χ2n) is 5.49. The van der Waals surface area contributed by atoms with E-state index >= 15 is 0 Å². The summed E-state index contributed by atoms with van der Waals surface area (Å²) in [6.45, 7) is 2.21. The van der Waals surface area contributed by atoms with Crippen molar-refractivity contribution in [3.05, 3.63) is 11.3 Å². The third-order valence-electron chi connectivity index (χ3n) is 3.90. The van der Waals surface area contributed by atoms with Crippen molar-refractivity contribution in [3.8, 4) is 0 Å². The molecule has 16 heavy (non-hydrogen) atoms. The van der Waals surface area contributed by atoms with Crippen LogP contribution in [0, 0.1) is 0 Å². The molecule has 0 saturated heterocycles. The molecule has 1 aliphatic carbocycles. The van der Waals surface area contributed by atoms with Gasteiger partial charge >= 0.3 is 0 Å². The molecular weight excluding hydrogens is 196 g/mol. The van der Waals surface area contributed by atoms with E-state index in [2.05, 4.69) is 6.92 Å². The summed E-state index contributed by atoms with van der Waals surface area (Å²) in [6, 6.07) is 0. The Morgan fingerprint density at radius 1 is 0.812 bits per heavy atom. The summed E-state index contributed by atoms with van der Waals surface area (Å²) in [6.07, 6.45) is 15.5. The molecular formula is C15H26O. The average molecular weight is 222 g/mol. The van der Waals surface area contributed by atoms with E-state index in [1.165, 1.54) is 76.4 Å². The van der Waals surface area contributed by atoms with Crippen molar-refractivity contribution >= 4 is 0 Å². The highest BCUT2D eigenvalue weighted by molar-refractivity contribution is 5.14.